The van der Waals surface area contributed by atoms with Gasteiger partial charge in [0.15, 0.2) is 18.1 Å². The van der Waals surface area contributed by atoms with E-state index in [-0.39, 0.29) is 34.2 Å². The number of nitrogens with two attached hydrogens (primary N) is 1. The molecule has 0 fully saturated rings. The molecule has 1 heterocycles. The molecule has 2 rings (SSSR count). The lowest BCUT2D eigenvalue weighted by Gasteiger charge is -2.11. The van der Waals surface area contributed by atoms with Gasteiger partial charge in [0, 0.05) is 13.2 Å². The monoisotopic (exact) mass is 554 g/mol. The highest BCUT2D eigenvalue weighted by atomic mass is 35.5. The average Bonchev–Trinajstić information content (AvgIpc) is 3.17. The van der Waals surface area contributed by atoms with E-state index in [1.165, 1.54) is 27.2 Å². The lowest BCUT2D eigenvalue weighted by molar-refractivity contribution is -0.142. The second kappa shape index (κ2) is 14.2. The molecule has 0 saturated heterocycles. The number of primary amides is 1. The predicted molar refractivity (Wildman–Crippen MR) is 138 cm³/mol. The van der Waals surface area contributed by atoms with Crippen LogP contribution < -0.4 is 20.5 Å². The minimum Gasteiger partial charge on any atom is -0.491 e. The van der Waals surface area contributed by atoms with Crippen LogP contribution >= 0.6 is 22.9 Å². The predicted octanol–water partition coefficient (Wildman–Crippen LogP) is 3.21. The summed E-state index contributed by atoms with van der Waals surface area (Å²) in [7, 11) is 2.91. The van der Waals surface area contributed by atoms with E-state index in [1.54, 1.807) is 19.1 Å². The van der Waals surface area contributed by atoms with Gasteiger partial charge in [-0.05, 0) is 43.2 Å². The highest BCUT2D eigenvalue weighted by molar-refractivity contribution is 7.18. The van der Waals surface area contributed by atoms with Gasteiger partial charge in [-0.15, -0.1) is 11.3 Å². The van der Waals surface area contributed by atoms with Crippen LogP contribution in [0, 0.1) is 6.92 Å². The van der Waals surface area contributed by atoms with Gasteiger partial charge >= 0.3 is 11.9 Å². The Labute approximate surface area is 222 Å². The molecule has 11 nitrogen and oxygen atoms in total. The average molecular weight is 555 g/mol. The summed E-state index contributed by atoms with van der Waals surface area (Å²) < 4.78 is 25.6. The number of carbonyl (C=O) groups excluding carboxylic acids is 4. The van der Waals surface area contributed by atoms with E-state index >= 15 is 0 Å². The van der Waals surface area contributed by atoms with Gasteiger partial charge in [-0.2, -0.15) is 0 Å². The van der Waals surface area contributed by atoms with Gasteiger partial charge in [0.25, 0.3) is 11.8 Å². The third-order valence-corrected chi connectivity index (χ3v) is 6.14. The SMILES string of the molecule is CCOc1cc(/C=C/C(=O)OCC(=O)Nc2sc(C(N)=O)c(C)c2C(=O)OCCOC)cc(Cl)c1OC. The zero-order valence-corrected chi connectivity index (χ0v) is 22.2. The molecule has 2 amide bonds. The van der Waals surface area contributed by atoms with Gasteiger partial charge in [-0.3, -0.25) is 9.59 Å². The Morgan fingerprint density at radius 2 is 1.86 bits per heavy atom. The van der Waals surface area contributed by atoms with Gasteiger partial charge in [-0.25, -0.2) is 9.59 Å². The molecule has 0 aliphatic rings. The van der Waals surface area contributed by atoms with Crippen molar-refractivity contribution < 1.29 is 42.9 Å². The molecule has 0 aliphatic carbocycles. The molecule has 0 radical (unpaired) electrons. The van der Waals surface area contributed by atoms with E-state index in [9.17, 15) is 19.2 Å². The summed E-state index contributed by atoms with van der Waals surface area (Å²) in [5.41, 5.74) is 6.16. The van der Waals surface area contributed by atoms with Crippen molar-refractivity contribution in [3.63, 3.8) is 0 Å². The maximum absolute atomic E-state index is 12.5. The van der Waals surface area contributed by atoms with Crippen molar-refractivity contribution in [2.24, 2.45) is 5.73 Å². The molecule has 0 aliphatic heterocycles. The van der Waals surface area contributed by atoms with Crippen LogP contribution in [-0.2, 0) is 23.8 Å². The summed E-state index contributed by atoms with van der Waals surface area (Å²) in [6.07, 6.45) is 2.55. The van der Waals surface area contributed by atoms with Crippen molar-refractivity contribution in [1.29, 1.82) is 0 Å². The third kappa shape index (κ3) is 8.20. The molecule has 200 valence electrons. The second-order valence-corrected chi connectivity index (χ2v) is 8.64. The summed E-state index contributed by atoms with van der Waals surface area (Å²) in [6.45, 7) is 3.17. The molecule has 37 heavy (non-hydrogen) atoms. The number of hydrogen-bond donors (Lipinski definition) is 2. The number of hydrogen-bond acceptors (Lipinski definition) is 10. The van der Waals surface area contributed by atoms with Crippen LogP contribution in [0.25, 0.3) is 6.08 Å². The van der Waals surface area contributed by atoms with E-state index in [0.717, 1.165) is 17.4 Å². The Bertz CT molecular complexity index is 1190. The summed E-state index contributed by atoms with van der Waals surface area (Å²) >= 11 is 7.01. The molecule has 0 bridgehead atoms. The van der Waals surface area contributed by atoms with E-state index in [0.29, 0.717) is 28.7 Å². The van der Waals surface area contributed by atoms with Crippen molar-refractivity contribution in [3.8, 4) is 11.5 Å². The lowest BCUT2D eigenvalue weighted by atomic mass is 10.1. The third-order valence-electron chi connectivity index (χ3n) is 4.64. The molecule has 3 N–H and O–H groups in total. The quantitative estimate of drug-likeness (QED) is 0.216. The van der Waals surface area contributed by atoms with E-state index in [1.807, 2.05) is 0 Å². The van der Waals surface area contributed by atoms with Crippen molar-refractivity contribution in [2.75, 3.05) is 46.0 Å². The van der Waals surface area contributed by atoms with Gasteiger partial charge in [0.1, 0.15) is 11.6 Å². The van der Waals surface area contributed by atoms with Crippen molar-refractivity contribution in [3.05, 3.63) is 44.8 Å². The lowest BCUT2D eigenvalue weighted by Crippen LogP contribution is -2.21. The Kier molecular flexibility index (Phi) is 11.4. The Morgan fingerprint density at radius 1 is 1.14 bits per heavy atom. The van der Waals surface area contributed by atoms with Crippen LogP contribution in [0.4, 0.5) is 5.00 Å². The molecule has 0 spiro atoms. The number of benzene rings is 1. The first-order valence-corrected chi connectivity index (χ1v) is 12.1. The standard InChI is InChI=1S/C24H27ClN2O9S/c1-5-34-16-11-14(10-15(25)20(16)33-4)6-7-18(29)36-12-17(28)27-23-19(24(31)35-9-8-32-3)13(2)21(37-23)22(26)30/h6-7,10-11H,5,8-9,12H2,1-4H3,(H2,26,30)(H,27,28)/b7-6+. The Hall–Kier alpha value is -3.61. The van der Waals surface area contributed by atoms with Gasteiger partial charge < -0.3 is 34.7 Å². The topological polar surface area (TPSA) is 152 Å². The normalized spacial score (nSPS) is 10.7. The molecular weight excluding hydrogens is 528 g/mol. The fourth-order valence-electron chi connectivity index (χ4n) is 3.03. The van der Waals surface area contributed by atoms with E-state index in [2.05, 4.69) is 5.32 Å². The Balaban J connectivity index is 2.06. The number of anilines is 1. The molecule has 1 aromatic carbocycles. The maximum atomic E-state index is 12.5. The van der Waals surface area contributed by atoms with Crippen molar-refractivity contribution >= 4 is 57.8 Å². The van der Waals surface area contributed by atoms with Crippen LogP contribution in [0.1, 0.15) is 38.1 Å². The number of halogens is 1. The molecule has 13 heteroatoms. The summed E-state index contributed by atoms with van der Waals surface area (Å²) in [6, 6.07) is 3.20. The highest BCUT2D eigenvalue weighted by Gasteiger charge is 2.26. The second-order valence-electron chi connectivity index (χ2n) is 7.21. The van der Waals surface area contributed by atoms with Crippen LogP contribution in [0.15, 0.2) is 18.2 Å². The number of nitrogens with one attached hydrogen (secondary N) is 1. The van der Waals surface area contributed by atoms with Crippen LogP contribution in [0.2, 0.25) is 5.02 Å². The molecule has 1 aromatic heterocycles. The number of amides is 2. The highest BCUT2D eigenvalue weighted by Crippen LogP contribution is 2.37. The van der Waals surface area contributed by atoms with E-state index in [4.69, 9.17) is 41.0 Å². The molecule has 2 aromatic rings. The van der Waals surface area contributed by atoms with Crippen LogP contribution in [0.5, 0.6) is 11.5 Å². The van der Waals surface area contributed by atoms with E-state index < -0.39 is 30.4 Å². The van der Waals surface area contributed by atoms with Crippen LogP contribution in [0.3, 0.4) is 0 Å². The van der Waals surface area contributed by atoms with Gasteiger partial charge in [-0.1, -0.05) is 11.6 Å². The first kappa shape index (κ1) is 29.6. The summed E-state index contributed by atoms with van der Waals surface area (Å²) in [5.74, 6) is -2.31. The fraction of sp³-hybridized carbons (Fsp3) is 0.333. The number of ether oxygens (including phenoxy) is 5. The minimum absolute atomic E-state index is 0.0176. The number of methoxy groups -OCH3 is 2. The zero-order valence-electron chi connectivity index (χ0n) is 20.7. The molecular formula is C24H27ClN2O9S. The van der Waals surface area contributed by atoms with Crippen molar-refractivity contribution in [1.82, 2.24) is 0 Å². The maximum Gasteiger partial charge on any atom is 0.341 e. The largest absolute Gasteiger partial charge is 0.491 e. The fourth-order valence-corrected chi connectivity index (χ4v) is 4.39. The van der Waals surface area contributed by atoms with Gasteiger partial charge in [0.05, 0.1) is 35.8 Å². The summed E-state index contributed by atoms with van der Waals surface area (Å²) in [4.78, 5) is 48.8. The number of thiophene rings is 1. The first-order chi connectivity index (χ1) is 17.6. The number of rotatable bonds is 13. The Morgan fingerprint density at radius 3 is 2.49 bits per heavy atom. The van der Waals surface area contributed by atoms with Crippen molar-refractivity contribution in [2.45, 2.75) is 13.8 Å². The van der Waals surface area contributed by atoms with Crippen LogP contribution in [-0.4, -0.2) is 64.4 Å². The molecule has 0 unspecified atom stereocenters. The minimum atomic E-state index is -0.806. The molecule has 0 atom stereocenters. The zero-order chi connectivity index (χ0) is 27.5. The molecule has 0 saturated carbocycles. The first-order valence-electron chi connectivity index (χ1n) is 10.9. The van der Waals surface area contributed by atoms with Gasteiger partial charge in [0.2, 0.25) is 0 Å². The number of esters is 2. The summed E-state index contributed by atoms with van der Waals surface area (Å²) in [5, 5.41) is 2.79. The number of carbonyl (C=O) groups is 4. The smallest absolute Gasteiger partial charge is 0.341 e.